The standard InChI is InChI=1S/C8H12N2O3/c1-5(2)10-7(11)6(4-9)8(12)13-3/h5-6H,1-3H3,(H,10,11). The largest absolute Gasteiger partial charge is 0.468 e. The number of amides is 1. The van der Waals surface area contributed by atoms with E-state index in [9.17, 15) is 9.59 Å². The minimum atomic E-state index is -1.37. The van der Waals surface area contributed by atoms with Crippen LogP contribution in [0.4, 0.5) is 0 Å². The lowest BCUT2D eigenvalue weighted by Gasteiger charge is -2.10. The summed E-state index contributed by atoms with van der Waals surface area (Å²) in [5.74, 6) is -2.82. The van der Waals surface area contributed by atoms with Crippen molar-refractivity contribution in [3.63, 3.8) is 0 Å². The zero-order chi connectivity index (χ0) is 10.4. The molecule has 0 aliphatic carbocycles. The van der Waals surface area contributed by atoms with E-state index in [1.165, 1.54) is 0 Å². The van der Waals surface area contributed by atoms with Gasteiger partial charge < -0.3 is 10.1 Å². The molecule has 0 aliphatic heterocycles. The Morgan fingerprint density at radius 3 is 2.31 bits per heavy atom. The fourth-order valence-corrected chi connectivity index (χ4v) is 0.704. The first-order chi connectivity index (χ1) is 6.02. The average Bonchev–Trinajstić information content (AvgIpc) is 2.03. The molecule has 5 heteroatoms. The number of nitrogens with one attached hydrogen (secondary N) is 1. The number of methoxy groups -OCH3 is 1. The van der Waals surface area contributed by atoms with Crippen molar-refractivity contribution in [3.8, 4) is 6.07 Å². The third-order valence-electron chi connectivity index (χ3n) is 1.26. The van der Waals surface area contributed by atoms with Gasteiger partial charge in [0.1, 0.15) is 0 Å². The van der Waals surface area contributed by atoms with Gasteiger partial charge in [-0.25, -0.2) is 0 Å². The highest BCUT2D eigenvalue weighted by molar-refractivity contribution is 6.00. The van der Waals surface area contributed by atoms with Gasteiger partial charge in [0.15, 0.2) is 0 Å². The van der Waals surface area contributed by atoms with Gasteiger partial charge in [-0.2, -0.15) is 5.26 Å². The molecule has 13 heavy (non-hydrogen) atoms. The molecule has 0 heterocycles. The molecular formula is C8H12N2O3. The number of nitrogens with zero attached hydrogens (tertiary/aromatic N) is 1. The maximum atomic E-state index is 11.2. The van der Waals surface area contributed by atoms with Crippen LogP contribution in [0.3, 0.4) is 0 Å². The molecular weight excluding hydrogens is 172 g/mol. The van der Waals surface area contributed by atoms with Gasteiger partial charge in [0.2, 0.25) is 11.8 Å². The number of hydrogen-bond acceptors (Lipinski definition) is 4. The van der Waals surface area contributed by atoms with Crippen LogP contribution in [0.5, 0.6) is 0 Å². The summed E-state index contributed by atoms with van der Waals surface area (Å²) in [6.07, 6.45) is 0. The van der Waals surface area contributed by atoms with Gasteiger partial charge in [-0.05, 0) is 13.8 Å². The number of carbonyl (C=O) groups excluding carboxylic acids is 2. The molecule has 1 unspecified atom stereocenters. The minimum absolute atomic E-state index is 0.104. The Labute approximate surface area is 76.7 Å². The summed E-state index contributed by atoms with van der Waals surface area (Å²) < 4.78 is 4.28. The number of nitriles is 1. The number of carbonyl (C=O) groups is 2. The molecule has 1 atom stereocenters. The van der Waals surface area contributed by atoms with Crippen molar-refractivity contribution in [2.24, 2.45) is 5.92 Å². The summed E-state index contributed by atoms with van der Waals surface area (Å²) in [5, 5.41) is 10.9. The van der Waals surface area contributed by atoms with Crippen molar-refractivity contribution in [1.29, 1.82) is 5.26 Å². The maximum Gasteiger partial charge on any atom is 0.332 e. The van der Waals surface area contributed by atoms with E-state index in [1.807, 2.05) is 0 Å². The summed E-state index contributed by atoms with van der Waals surface area (Å²) in [4.78, 5) is 22.0. The van der Waals surface area contributed by atoms with Crippen LogP contribution in [-0.4, -0.2) is 25.0 Å². The second-order valence-corrected chi connectivity index (χ2v) is 2.75. The summed E-state index contributed by atoms with van der Waals surface area (Å²) in [6, 6.07) is 1.47. The molecule has 1 N–H and O–H groups in total. The Kier molecular flexibility index (Phi) is 4.52. The van der Waals surface area contributed by atoms with E-state index in [0.717, 1.165) is 7.11 Å². The van der Waals surface area contributed by atoms with Crippen molar-refractivity contribution < 1.29 is 14.3 Å². The maximum absolute atomic E-state index is 11.2. The molecule has 0 bridgehead atoms. The first-order valence-corrected chi connectivity index (χ1v) is 3.80. The number of ether oxygens (including phenoxy) is 1. The molecule has 0 saturated heterocycles. The van der Waals surface area contributed by atoms with Gasteiger partial charge in [-0.1, -0.05) is 0 Å². The average molecular weight is 184 g/mol. The Bertz CT molecular complexity index is 242. The van der Waals surface area contributed by atoms with E-state index in [1.54, 1.807) is 19.9 Å². The third kappa shape index (κ3) is 3.56. The van der Waals surface area contributed by atoms with Crippen LogP contribution in [-0.2, 0) is 14.3 Å². The molecule has 0 rings (SSSR count). The third-order valence-corrected chi connectivity index (χ3v) is 1.26. The van der Waals surface area contributed by atoms with Crippen LogP contribution in [0.15, 0.2) is 0 Å². The molecule has 0 aromatic carbocycles. The molecule has 0 spiro atoms. The van der Waals surface area contributed by atoms with Crippen molar-refractivity contribution >= 4 is 11.9 Å². The Morgan fingerprint density at radius 2 is 2.00 bits per heavy atom. The summed E-state index contributed by atoms with van der Waals surface area (Å²) in [6.45, 7) is 3.48. The van der Waals surface area contributed by atoms with Gasteiger partial charge in [0.05, 0.1) is 13.2 Å². The predicted molar refractivity (Wildman–Crippen MR) is 44.4 cm³/mol. The van der Waals surface area contributed by atoms with Gasteiger partial charge in [-0.3, -0.25) is 9.59 Å². The van der Waals surface area contributed by atoms with E-state index < -0.39 is 17.8 Å². The monoisotopic (exact) mass is 184 g/mol. The Balaban J connectivity index is 4.35. The highest BCUT2D eigenvalue weighted by atomic mass is 16.5. The van der Waals surface area contributed by atoms with Crippen molar-refractivity contribution in [3.05, 3.63) is 0 Å². The van der Waals surface area contributed by atoms with Gasteiger partial charge in [-0.15, -0.1) is 0 Å². The van der Waals surface area contributed by atoms with Crippen LogP contribution in [0.2, 0.25) is 0 Å². The lowest BCUT2D eigenvalue weighted by atomic mass is 10.1. The molecule has 0 aliphatic rings. The van der Waals surface area contributed by atoms with Gasteiger partial charge >= 0.3 is 5.97 Å². The van der Waals surface area contributed by atoms with Crippen LogP contribution in [0.1, 0.15) is 13.8 Å². The second kappa shape index (κ2) is 5.14. The molecule has 0 radical (unpaired) electrons. The number of rotatable bonds is 3. The summed E-state index contributed by atoms with van der Waals surface area (Å²) in [7, 11) is 1.13. The van der Waals surface area contributed by atoms with Gasteiger partial charge in [0, 0.05) is 6.04 Å². The summed E-state index contributed by atoms with van der Waals surface area (Å²) >= 11 is 0. The SMILES string of the molecule is COC(=O)C(C#N)C(=O)NC(C)C. The first kappa shape index (κ1) is 11.4. The van der Waals surface area contributed by atoms with E-state index in [-0.39, 0.29) is 6.04 Å². The van der Waals surface area contributed by atoms with Crippen molar-refractivity contribution in [1.82, 2.24) is 5.32 Å². The van der Waals surface area contributed by atoms with E-state index in [4.69, 9.17) is 5.26 Å². The fraction of sp³-hybridized carbons (Fsp3) is 0.625. The van der Waals surface area contributed by atoms with Crippen LogP contribution in [0, 0.1) is 17.2 Å². The molecule has 0 saturated carbocycles. The topological polar surface area (TPSA) is 79.2 Å². The van der Waals surface area contributed by atoms with E-state index >= 15 is 0 Å². The van der Waals surface area contributed by atoms with Crippen LogP contribution < -0.4 is 5.32 Å². The lowest BCUT2D eigenvalue weighted by molar-refractivity contribution is -0.147. The second-order valence-electron chi connectivity index (χ2n) is 2.75. The summed E-state index contributed by atoms with van der Waals surface area (Å²) in [5.41, 5.74) is 0. The molecule has 72 valence electrons. The molecule has 1 amide bonds. The zero-order valence-electron chi connectivity index (χ0n) is 7.83. The number of esters is 1. The highest BCUT2D eigenvalue weighted by Gasteiger charge is 2.27. The smallest absolute Gasteiger partial charge is 0.332 e. The van der Waals surface area contributed by atoms with E-state index in [0.29, 0.717) is 0 Å². The molecule has 0 fully saturated rings. The van der Waals surface area contributed by atoms with Crippen molar-refractivity contribution in [2.75, 3.05) is 7.11 Å². The Morgan fingerprint density at radius 1 is 1.46 bits per heavy atom. The molecule has 0 aromatic heterocycles. The minimum Gasteiger partial charge on any atom is -0.468 e. The predicted octanol–water partition coefficient (Wildman–Crippen LogP) is -0.176. The van der Waals surface area contributed by atoms with Crippen LogP contribution in [0.25, 0.3) is 0 Å². The lowest BCUT2D eigenvalue weighted by Crippen LogP contribution is -2.38. The first-order valence-electron chi connectivity index (χ1n) is 3.80. The van der Waals surface area contributed by atoms with Crippen LogP contribution >= 0.6 is 0 Å². The fourth-order valence-electron chi connectivity index (χ4n) is 0.704. The Hall–Kier alpha value is -1.57. The van der Waals surface area contributed by atoms with Crippen molar-refractivity contribution in [2.45, 2.75) is 19.9 Å². The molecule has 0 aromatic rings. The van der Waals surface area contributed by atoms with E-state index in [2.05, 4.69) is 10.1 Å². The highest BCUT2D eigenvalue weighted by Crippen LogP contribution is 1.98. The normalized spacial score (nSPS) is 11.6. The zero-order valence-corrected chi connectivity index (χ0v) is 7.83. The van der Waals surface area contributed by atoms with Gasteiger partial charge in [0.25, 0.3) is 0 Å². The quantitative estimate of drug-likeness (QED) is 0.487. The number of hydrogen-bond donors (Lipinski definition) is 1. The molecule has 5 nitrogen and oxygen atoms in total.